The van der Waals surface area contributed by atoms with E-state index in [1.165, 1.54) is 14.1 Å². The van der Waals surface area contributed by atoms with Crippen LogP contribution in [-0.4, -0.2) is 62.8 Å². The molecule has 1 aliphatic carbocycles. The Balaban J connectivity index is 2.30. The summed E-state index contributed by atoms with van der Waals surface area (Å²) >= 11 is 0. The molecule has 1 saturated carbocycles. The molecule has 0 aromatic carbocycles. The van der Waals surface area contributed by atoms with Crippen molar-refractivity contribution < 1.29 is 23.1 Å². The second-order valence-corrected chi connectivity index (χ2v) is 7.93. The standard InChI is InChI=1S/C12H23N3O5S/c1-15(2)21(19,20)7-6-13-11(18)14-9-12(4-3-5-12)8-10(16)17/h3-9H2,1-2H3,(H,16,17)(H2,13,14,18). The fourth-order valence-electron chi connectivity index (χ4n) is 2.22. The van der Waals surface area contributed by atoms with Crippen molar-refractivity contribution in [2.75, 3.05) is 32.9 Å². The molecule has 0 bridgehead atoms. The van der Waals surface area contributed by atoms with Crippen molar-refractivity contribution in [3.63, 3.8) is 0 Å². The molecule has 0 saturated heterocycles. The van der Waals surface area contributed by atoms with E-state index in [4.69, 9.17) is 5.11 Å². The zero-order chi connectivity index (χ0) is 16.1. The second kappa shape index (κ2) is 7.08. The van der Waals surface area contributed by atoms with Crippen LogP contribution >= 0.6 is 0 Å². The number of hydrogen-bond acceptors (Lipinski definition) is 4. The van der Waals surface area contributed by atoms with E-state index >= 15 is 0 Å². The van der Waals surface area contributed by atoms with Gasteiger partial charge in [-0.05, 0) is 18.3 Å². The van der Waals surface area contributed by atoms with Gasteiger partial charge in [-0.25, -0.2) is 17.5 Å². The van der Waals surface area contributed by atoms with Crippen molar-refractivity contribution in [2.24, 2.45) is 5.41 Å². The van der Waals surface area contributed by atoms with Crippen molar-refractivity contribution >= 4 is 22.0 Å². The minimum Gasteiger partial charge on any atom is -0.481 e. The minimum absolute atomic E-state index is 0.0122. The van der Waals surface area contributed by atoms with E-state index < -0.39 is 22.0 Å². The van der Waals surface area contributed by atoms with Gasteiger partial charge in [-0.2, -0.15) is 0 Å². The van der Waals surface area contributed by atoms with Gasteiger partial charge in [0.15, 0.2) is 0 Å². The van der Waals surface area contributed by atoms with Gasteiger partial charge in [0.1, 0.15) is 0 Å². The molecular formula is C12H23N3O5S. The Morgan fingerprint density at radius 3 is 2.29 bits per heavy atom. The lowest BCUT2D eigenvalue weighted by Gasteiger charge is -2.40. The zero-order valence-electron chi connectivity index (χ0n) is 12.4. The molecule has 0 aliphatic heterocycles. The van der Waals surface area contributed by atoms with Gasteiger partial charge in [-0.3, -0.25) is 4.79 Å². The van der Waals surface area contributed by atoms with Crippen LogP contribution < -0.4 is 10.6 Å². The summed E-state index contributed by atoms with van der Waals surface area (Å²) in [4.78, 5) is 22.4. The van der Waals surface area contributed by atoms with E-state index in [1.807, 2.05) is 0 Å². The lowest BCUT2D eigenvalue weighted by atomic mass is 9.66. The second-order valence-electron chi connectivity index (χ2n) is 5.63. The van der Waals surface area contributed by atoms with Crippen molar-refractivity contribution in [1.82, 2.24) is 14.9 Å². The largest absolute Gasteiger partial charge is 0.481 e. The molecule has 0 heterocycles. The Labute approximate surface area is 124 Å². The Morgan fingerprint density at radius 2 is 1.86 bits per heavy atom. The maximum atomic E-state index is 11.6. The first kappa shape index (κ1) is 17.7. The number of carboxylic acids is 1. The first-order valence-corrected chi connectivity index (χ1v) is 8.41. The number of carboxylic acid groups (broad SMARTS) is 1. The molecule has 0 spiro atoms. The average molecular weight is 321 g/mol. The highest BCUT2D eigenvalue weighted by Crippen LogP contribution is 2.43. The third-order valence-corrected chi connectivity index (χ3v) is 5.60. The summed E-state index contributed by atoms with van der Waals surface area (Å²) in [7, 11) is -0.469. The highest BCUT2D eigenvalue weighted by molar-refractivity contribution is 7.89. The molecular weight excluding hydrogens is 298 g/mol. The first-order chi connectivity index (χ1) is 9.67. The number of hydrogen-bond donors (Lipinski definition) is 3. The Kier molecular flexibility index (Phi) is 5.97. The van der Waals surface area contributed by atoms with Gasteiger partial charge in [-0.15, -0.1) is 0 Å². The number of urea groups is 1. The van der Waals surface area contributed by atoms with Crippen LogP contribution in [0.25, 0.3) is 0 Å². The highest BCUT2D eigenvalue weighted by Gasteiger charge is 2.39. The van der Waals surface area contributed by atoms with E-state index in [0.717, 1.165) is 23.6 Å². The fraction of sp³-hybridized carbons (Fsp3) is 0.833. The van der Waals surface area contributed by atoms with Crippen LogP contribution in [0.4, 0.5) is 4.79 Å². The van der Waals surface area contributed by atoms with Crippen LogP contribution in [0.1, 0.15) is 25.7 Å². The topological polar surface area (TPSA) is 116 Å². The molecule has 21 heavy (non-hydrogen) atoms. The monoisotopic (exact) mass is 321 g/mol. The molecule has 0 unspecified atom stereocenters. The number of nitrogens with zero attached hydrogens (tertiary/aromatic N) is 1. The number of rotatable bonds is 8. The van der Waals surface area contributed by atoms with Crippen LogP contribution in [0.15, 0.2) is 0 Å². The zero-order valence-corrected chi connectivity index (χ0v) is 13.2. The first-order valence-electron chi connectivity index (χ1n) is 6.81. The van der Waals surface area contributed by atoms with Gasteiger partial charge in [0, 0.05) is 27.2 Å². The van der Waals surface area contributed by atoms with E-state index in [2.05, 4.69) is 10.6 Å². The molecule has 2 amide bonds. The lowest BCUT2D eigenvalue weighted by molar-refractivity contribution is -0.141. The van der Waals surface area contributed by atoms with Crippen LogP contribution in [0.5, 0.6) is 0 Å². The van der Waals surface area contributed by atoms with Gasteiger partial charge < -0.3 is 15.7 Å². The lowest BCUT2D eigenvalue weighted by Crippen LogP contribution is -2.47. The van der Waals surface area contributed by atoms with Gasteiger partial charge in [0.05, 0.1) is 12.2 Å². The molecule has 0 aromatic heterocycles. The number of aliphatic carboxylic acids is 1. The van der Waals surface area contributed by atoms with Crippen molar-refractivity contribution in [2.45, 2.75) is 25.7 Å². The summed E-state index contributed by atoms with van der Waals surface area (Å²) in [5, 5.41) is 14.0. The van der Waals surface area contributed by atoms with E-state index in [-0.39, 0.29) is 24.1 Å². The summed E-state index contributed by atoms with van der Waals surface area (Å²) in [5.41, 5.74) is -0.348. The van der Waals surface area contributed by atoms with Crippen LogP contribution in [0.2, 0.25) is 0 Å². The quantitative estimate of drug-likeness (QED) is 0.573. The van der Waals surface area contributed by atoms with Crippen molar-refractivity contribution in [3.05, 3.63) is 0 Å². The predicted octanol–water partition coefficient (Wildman–Crippen LogP) is -0.178. The molecule has 0 aromatic rings. The molecule has 1 aliphatic rings. The molecule has 8 nitrogen and oxygen atoms in total. The molecule has 0 radical (unpaired) electrons. The van der Waals surface area contributed by atoms with E-state index in [0.29, 0.717) is 6.54 Å². The van der Waals surface area contributed by atoms with Gasteiger partial charge in [0.2, 0.25) is 10.0 Å². The molecule has 3 N–H and O–H groups in total. The predicted molar refractivity (Wildman–Crippen MR) is 77.4 cm³/mol. The third kappa shape index (κ3) is 5.50. The van der Waals surface area contributed by atoms with Crippen LogP contribution in [-0.2, 0) is 14.8 Å². The summed E-state index contributed by atoms with van der Waals surface area (Å²) in [6.45, 7) is 0.309. The van der Waals surface area contributed by atoms with Crippen LogP contribution in [0.3, 0.4) is 0 Å². The van der Waals surface area contributed by atoms with Gasteiger partial charge in [0.25, 0.3) is 0 Å². The maximum Gasteiger partial charge on any atom is 0.314 e. The number of nitrogens with one attached hydrogen (secondary N) is 2. The molecule has 0 atom stereocenters. The Hall–Kier alpha value is -1.35. The van der Waals surface area contributed by atoms with Gasteiger partial charge in [-0.1, -0.05) is 6.42 Å². The van der Waals surface area contributed by atoms with E-state index in [9.17, 15) is 18.0 Å². The Bertz CT molecular complexity index is 485. The molecule has 122 valence electrons. The SMILES string of the molecule is CN(C)S(=O)(=O)CCNC(=O)NCC1(CC(=O)O)CCC1. The van der Waals surface area contributed by atoms with Crippen molar-refractivity contribution in [1.29, 1.82) is 0 Å². The summed E-state index contributed by atoms with van der Waals surface area (Å²) in [6, 6.07) is -0.472. The molecule has 1 fully saturated rings. The highest BCUT2D eigenvalue weighted by atomic mass is 32.2. The number of sulfonamides is 1. The molecule has 9 heteroatoms. The average Bonchev–Trinajstić information content (AvgIpc) is 2.31. The third-order valence-electron chi connectivity index (χ3n) is 3.77. The fourth-order valence-corrected chi connectivity index (χ4v) is 2.95. The van der Waals surface area contributed by atoms with Gasteiger partial charge >= 0.3 is 12.0 Å². The number of amides is 2. The maximum absolute atomic E-state index is 11.6. The van der Waals surface area contributed by atoms with Crippen molar-refractivity contribution in [3.8, 4) is 0 Å². The van der Waals surface area contributed by atoms with Crippen LogP contribution in [0, 0.1) is 5.41 Å². The Morgan fingerprint density at radius 1 is 1.24 bits per heavy atom. The number of carbonyl (C=O) groups excluding carboxylic acids is 1. The smallest absolute Gasteiger partial charge is 0.314 e. The summed E-state index contributed by atoms with van der Waals surface area (Å²) < 4.78 is 24.1. The minimum atomic E-state index is -3.33. The van der Waals surface area contributed by atoms with E-state index in [1.54, 1.807) is 0 Å². The molecule has 1 rings (SSSR count). The normalized spacial score (nSPS) is 17.1. The number of carbonyl (C=O) groups is 2. The summed E-state index contributed by atoms with van der Waals surface area (Å²) in [5.74, 6) is -1.04. The summed E-state index contributed by atoms with van der Waals surface area (Å²) in [6.07, 6.45) is 2.59.